The lowest BCUT2D eigenvalue weighted by Gasteiger charge is -2.13. The van der Waals surface area contributed by atoms with Crippen LogP contribution < -0.4 is 16.0 Å². The second-order valence-electron chi connectivity index (χ2n) is 6.26. The number of aliphatic imine (C=N–C) groups is 1. The molecule has 27 heavy (non-hydrogen) atoms. The van der Waals surface area contributed by atoms with Crippen LogP contribution in [0.5, 0.6) is 0 Å². The second kappa shape index (κ2) is 12.7. The SMILES string of the molecule is CN=C(NCCCNC(=O)c1cccc(Br)c1)NCCCOC1CCOC1. The first kappa shape index (κ1) is 21.7. The number of guanidine groups is 1. The minimum Gasteiger partial charge on any atom is -0.379 e. The predicted octanol–water partition coefficient (Wildman–Crippen LogP) is 1.93. The van der Waals surface area contributed by atoms with Gasteiger partial charge in [0.05, 0.1) is 12.7 Å². The summed E-state index contributed by atoms with van der Waals surface area (Å²) in [6.45, 7) is 4.38. The molecule has 0 saturated carbocycles. The van der Waals surface area contributed by atoms with E-state index < -0.39 is 0 Å². The summed E-state index contributed by atoms with van der Waals surface area (Å²) in [4.78, 5) is 16.2. The highest BCUT2D eigenvalue weighted by molar-refractivity contribution is 9.10. The molecule has 1 fully saturated rings. The largest absolute Gasteiger partial charge is 0.379 e. The molecule has 1 atom stereocenters. The minimum atomic E-state index is -0.0635. The minimum absolute atomic E-state index is 0.0635. The van der Waals surface area contributed by atoms with Crippen LogP contribution in [0.1, 0.15) is 29.6 Å². The predicted molar refractivity (Wildman–Crippen MR) is 110 cm³/mol. The number of nitrogens with one attached hydrogen (secondary N) is 3. The van der Waals surface area contributed by atoms with E-state index in [9.17, 15) is 4.79 Å². The van der Waals surface area contributed by atoms with Gasteiger partial charge in [0, 0.05) is 49.9 Å². The van der Waals surface area contributed by atoms with Crippen LogP contribution in [-0.2, 0) is 9.47 Å². The van der Waals surface area contributed by atoms with Crippen LogP contribution in [0.15, 0.2) is 33.7 Å². The van der Waals surface area contributed by atoms with Crippen molar-refractivity contribution in [2.75, 3.05) is 46.5 Å². The number of benzene rings is 1. The molecule has 150 valence electrons. The summed E-state index contributed by atoms with van der Waals surface area (Å²) in [6.07, 6.45) is 2.98. The van der Waals surface area contributed by atoms with Crippen molar-refractivity contribution in [2.24, 2.45) is 4.99 Å². The highest BCUT2D eigenvalue weighted by Gasteiger charge is 2.15. The zero-order chi connectivity index (χ0) is 19.3. The van der Waals surface area contributed by atoms with Crippen molar-refractivity contribution in [3.8, 4) is 0 Å². The van der Waals surface area contributed by atoms with Crippen molar-refractivity contribution in [2.45, 2.75) is 25.4 Å². The zero-order valence-corrected chi connectivity index (χ0v) is 17.4. The van der Waals surface area contributed by atoms with Gasteiger partial charge in [-0.2, -0.15) is 0 Å². The number of hydrogen-bond acceptors (Lipinski definition) is 4. The molecule has 0 aliphatic carbocycles. The van der Waals surface area contributed by atoms with Crippen molar-refractivity contribution in [3.63, 3.8) is 0 Å². The van der Waals surface area contributed by atoms with Gasteiger partial charge in [-0.1, -0.05) is 22.0 Å². The Balaban J connectivity index is 1.49. The number of hydrogen-bond donors (Lipinski definition) is 3. The number of rotatable bonds is 10. The van der Waals surface area contributed by atoms with Crippen LogP contribution in [0.2, 0.25) is 0 Å². The van der Waals surface area contributed by atoms with E-state index in [1.54, 1.807) is 13.1 Å². The number of carbonyl (C=O) groups excluding carboxylic acids is 1. The van der Waals surface area contributed by atoms with Gasteiger partial charge in [-0.05, 0) is 37.5 Å². The molecule has 2 rings (SSSR count). The molecular formula is C19H29BrN4O3. The molecule has 1 heterocycles. The number of halogens is 1. The summed E-state index contributed by atoms with van der Waals surface area (Å²) in [5.74, 6) is 0.698. The Kier molecular flexibility index (Phi) is 10.2. The standard InChI is InChI=1S/C19H29BrN4O3/c1-21-19(24-10-4-11-27-17-7-12-26-14-17)23-9-3-8-22-18(25)15-5-2-6-16(20)13-15/h2,5-6,13,17H,3-4,7-12,14H2,1H3,(H,22,25)(H2,21,23,24). The molecule has 1 aliphatic rings. The third-order valence-corrected chi connectivity index (χ3v) is 4.59. The molecule has 0 spiro atoms. The molecule has 0 radical (unpaired) electrons. The van der Waals surface area contributed by atoms with E-state index in [-0.39, 0.29) is 12.0 Å². The molecule has 8 heteroatoms. The van der Waals surface area contributed by atoms with E-state index in [4.69, 9.17) is 9.47 Å². The lowest BCUT2D eigenvalue weighted by atomic mass is 10.2. The summed E-state index contributed by atoms with van der Waals surface area (Å²) in [6, 6.07) is 7.35. The van der Waals surface area contributed by atoms with Crippen molar-refractivity contribution < 1.29 is 14.3 Å². The van der Waals surface area contributed by atoms with Gasteiger partial charge in [0.2, 0.25) is 0 Å². The van der Waals surface area contributed by atoms with E-state index in [1.807, 2.05) is 18.2 Å². The van der Waals surface area contributed by atoms with Gasteiger partial charge < -0.3 is 25.4 Å². The number of nitrogens with zero attached hydrogens (tertiary/aromatic N) is 1. The van der Waals surface area contributed by atoms with Crippen LogP contribution >= 0.6 is 15.9 Å². The molecule has 0 aromatic heterocycles. The fourth-order valence-corrected chi connectivity index (χ4v) is 3.02. The molecule has 1 amide bonds. The molecular weight excluding hydrogens is 412 g/mol. The quantitative estimate of drug-likeness (QED) is 0.294. The first-order valence-corrected chi connectivity index (χ1v) is 10.2. The molecule has 7 nitrogen and oxygen atoms in total. The van der Waals surface area contributed by atoms with E-state index in [0.29, 0.717) is 12.1 Å². The normalized spacial score (nSPS) is 17.0. The fourth-order valence-electron chi connectivity index (χ4n) is 2.62. The Bertz CT molecular complexity index is 606. The lowest BCUT2D eigenvalue weighted by molar-refractivity contribution is 0.0420. The Morgan fingerprint density at radius 1 is 1.26 bits per heavy atom. The van der Waals surface area contributed by atoms with Gasteiger partial charge in [0.1, 0.15) is 0 Å². The van der Waals surface area contributed by atoms with Crippen LogP contribution in [0, 0.1) is 0 Å². The molecule has 1 saturated heterocycles. The molecule has 1 aromatic carbocycles. The third-order valence-electron chi connectivity index (χ3n) is 4.10. The Morgan fingerprint density at radius 2 is 2.04 bits per heavy atom. The first-order valence-electron chi connectivity index (χ1n) is 9.36. The molecule has 0 bridgehead atoms. The topological polar surface area (TPSA) is 84.0 Å². The molecule has 1 unspecified atom stereocenters. The summed E-state index contributed by atoms with van der Waals surface area (Å²) in [7, 11) is 1.75. The number of amides is 1. The second-order valence-corrected chi connectivity index (χ2v) is 7.17. The maximum absolute atomic E-state index is 12.0. The molecule has 1 aliphatic heterocycles. The van der Waals surface area contributed by atoms with Crippen molar-refractivity contribution >= 4 is 27.8 Å². The van der Waals surface area contributed by atoms with E-state index in [0.717, 1.165) is 62.6 Å². The first-order chi connectivity index (χ1) is 13.2. The molecule has 1 aromatic rings. The summed E-state index contributed by atoms with van der Waals surface area (Å²) < 4.78 is 11.9. The maximum Gasteiger partial charge on any atom is 0.251 e. The van der Waals surface area contributed by atoms with Crippen LogP contribution in [0.4, 0.5) is 0 Å². The number of carbonyl (C=O) groups is 1. The van der Waals surface area contributed by atoms with Gasteiger partial charge >= 0.3 is 0 Å². The average molecular weight is 441 g/mol. The zero-order valence-electron chi connectivity index (χ0n) is 15.8. The van der Waals surface area contributed by atoms with Crippen molar-refractivity contribution in [3.05, 3.63) is 34.3 Å². The Morgan fingerprint density at radius 3 is 2.74 bits per heavy atom. The third kappa shape index (κ3) is 8.73. The number of ether oxygens (including phenoxy) is 2. The Hall–Kier alpha value is -1.64. The summed E-state index contributed by atoms with van der Waals surface area (Å²) in [5.41, 5.74) is 0.654. The van der Waals surface area contributed by atoms with Gasteiger partial charge in [-0.3, -0.25) is 9.79 Å². The average Bonchev–Trinajstić information content (AvgIpc) is 3.19. The van der Waals surface area contributed by atoms with Crippen molar-refractivity contribution in [1.82, 2.24) is 16.0 Å². The smallest absolute Gasteiger partial charge is 0.251 e. The lowest BCUT2D eigenvalue weighted by Crippen LogP contribution is -2.39. The van der Waals surface area contributed by atoms with Gasteiger partial charge in [0.15, 0.2) is 5.96 Å². The van der Waals surface area contributed by atoms with Gasteiger partial charge in [0.25, 0.3) is 5.91 Å². The van der Waals surface area contributed by atoms with E-state index in [1.165, 1.54) is 0 Å². The van der Waals surface area contributed by atoms with E-state index in [2.05, 4.69) is 36.9 Å². The summed E-state index contributed by atoms with van der Waals surface area (Å²) in [5, 5.41) is 9.42. The van der Waals surface area contributed by atoms with Crippen LogP contribution in [-0.4, -0.2) is 64.5 Å². The highest BCUT2D eigenvalue weighted by atomic mass is 79.9. The van der Waals surface area contributed by atoms with Crippen molar-refractivity contribution in [1.29, 1.82) is 0 Å². The summed E-state index contributed by atoms with van der Waals surface area (Å²) >= 11 is 3.37. The maximum atomic E-state index is 12.0. The van der Waals surface area contributed by atoms with Crippen LogP contribution in [0.3, 0.4) is 0 Å². The van der Waals surface area contributed by atoms with Crippen LogP contribution in [0.25, 0.3) is 0 Å². The Labute approximate surface area is 169 Å². The van der Waals surface area contributed by atoms with E-state index >= 15 is 0 Å². The fraction of sp³-hybridized carbons (Fsp3) is 0.579. The van der Waals surface area contributed by atoms with Gasteiger partial charge in [-0.25, -0.2) is 0 Å². The van der Waals surface area contributed by atoms with Gasteiger partial charge in [-0.15, -0.1) is 0 Å². The molecule has 3 N–H and O–H groups in total. The monoisotopic (exact) mass is 440 g/mol. The highest BCUT2D eigenvalue weighted by Crippen LogP contribution is 2.11.